The predicted octanol–water partition coefficient (Wildman–Crippen LogP) is 0.441. The summed E-state index contributed by atoms with van der Waals surface area (Å²) < 4.78 is 0. The van der Waals surface area contributed by atoms with Gasteiger partial charge in [0.05, 0.1) is 6.10 Å². The summed E-state index contributed by atoms with van der Waals surface area (Å²) in [5.41, 5.74) is 0. The molecule has 3 heteroatoms. The van der Waals surface area contributed by atoms with Crippen molar-refractivity contribution in [1.82, 2.24) is 10.2 Å². The molecule has 0 aromatic rings. The molecule has 0 unspecified atom stereocenters. The van der Waals surface area contributed by atoms with Crippen LogP contribution in [-0.4, -0.2) is 48.3 Å². The van der Waals surface area contributed by atoms with Crippen molar-refractivity contribution in [1.29, 1.82) is 0 Å². The van der Waals surface area contributed by atoms with Crippen LogP contribution in [0.25, 0.3) is 0 Å². The summed E-state index contributed by atoms with van der Waals surface area (Å²) in [5, 5.41) is 12.7. The number of piperidine rings is 1. The molecule has 0 aromatic carbocycles. The zero-order valence-electron chi connectivity index (χ0n) is 8.79. The van der Waals surface area contributed by atoms with Gasteiger partial charge in [-0.1, -0.05) is 6.92 Å². The molecule has 1 heterocycles. The first-order valence-corrected chi connectivity index (χ1v) is 5.37. The highest BCUT2D eigenvalue weighted by atomic mass is 16.3. The molecule has 0 saturated carbocycles. The largest absolute Gasteiger partial charge is 0.392 e. The SMILES string of the molecule is CCN(C[C@@H](C)O)C1CCNCC1. The van der Waals surface area contributed by atoms with E-state index in [2.05, 4.69) is 17.1 Å². The quantitative estimate of drug-likeness (QED) is 0.669. The van der Waals surface area contributed by atoms with Crippen LogP contribution in [0.1, 0.15) is 26.7 Å². The Morgan fingerprint density at radius 1 is 1.46 bits per heavy atom. The van der Waals surface area contributed by atoms with Gasteiger partial charge in [-0.3, -0.25) is 4.90 Å². The average molecular weight is 186 g/mol. The Morgan fingerprint density at radius 3 is 2.54 bits per heavy atom. The first kappa shape index (κ1) is 11.0. The van der Waals surface area contributed by atoms with E-state index < -0.39 is 0 Å². The molecular formula is C10H22N2O. The Hall–Kier alpha value is -0.120. The van der Waals surface area contributed by atoms with E-state index in [1.165, 1.54) is 12.8 Å². The number of aliphatic hydroxyl groups is 1. The first-order valence-electron chi connectivity index (χ1n) is 5.37. The zero-order valence-corrected chi connectivity index (χ0v) is 8.79. The number of likely N-dealkylation sites (N-methyl/N-ethyl adjacent to an activating group) is 1. The Morgan fingerprint density at radius 2 is 2.08 bits per heavy atom. The zero-order chi connectivity index (χ0) is 9.68. The third-order valence-corrected chi connectivity index (χ3v) is 2.73. The van der Waals surface area contributed by atoms with Gasteiger partial charge in [-0.05, 0) is 39.4 Å². The van der Waals surface area contributed by atoms with Gasteiger partial charge in [-0.15, -0.1) is 0 Å². The smallest absolute Gasteiger partial charge is 0.0639 e. The maximum atomic E-state index is 9.33. The number of hydrogen-bond donors (Lipinski definition) is 2. The van der Waals surface area contributed by atoms with Crippen molar-refractivity contribution in [3.05, 3.63) is 0 Å². The van der Waals surface area contributed by atoms with Gasteiger partial charge in [0.15, 0.2) is 0 Å². The molecule has 0 spiro atoms. The van der Waals surface area contributed by atoms with Crippen molar-refractivity contribution in [2.45, 2.75) is 38.8 Å². The lowest BCUT2D eigenvalue weighted by Crippen LogP contribution is -2.45. The molecule has 1 fully saturated rings. The lowest BCUT2D eigenvalue weighted by atomic mass is 10.0. The van der Waals surface area contributed by atoms with Gasteiger partial charge < -0.3 is 10.4 Å². The first-order chi connectivity index (χ1) is 6.24. The molecule has 13 heavy (non-hydrogen) atoms. The molecule has 0 aliphatic carbocycles. The topological polar surface area (TPSA) is 35.5 Å². The Labute approximate surface area is 81.1 Å². The fraction of sp³-hybridized carbons (Fsp3) is 1.00. The van der Waals surface area contributed by atoms with E-state index in [0.29, 0.717) is 6.04 Å². The molecule has 3 nitrogen and oxygen atoms in total. The molecule has 1 saturated heterocycles. The average Bonchev–Trinajstić information content (AvgIpc) is 2.15. The highest BCUT2D eigenvalue weighted by Crippen LogP contribution is 2.11. The highest BCUT2D eigenvalue weighted by Gasteiger charge is 2.20. The van der Waals surface area contributed by atoms with Crippen molar-refractivity contribution in [3.8, 4) is 0 Å². The fourth-order valence-electron chi connectivity index (χ4n) is 2.05. The Kier molecular flexibility index (Phi) is 4.70. The Bertz CT molecular complexity index is 133. The van der Waals surface area contributed by atoms with Crippen LogP contribution in [0.5, 0.6) is 0 Å². The molecule has 78 valence electrons. The molecule has 0 radical (unpaired) electrons. The van der Waals surface area contributed by atoms with Gasteiger partial charge in [0.2, 0.25) is 0 Å². The molecular weight excluding hydrogens is 164 g/mol. The summed E-state index contributed by atoms with van der Waals surface area (Å²) in [4.78, 5) is 2.39. The van der Waals surface area contributed by atoms with Crippen LogP contribution in [-0.2, 0) is 0 Å². The van der Waals surface area contributed by atoms with E-state index in [1.54, 1.807) is 0 Å². The monoisotopic (exact) mass is 186 g/mol. The molecule has 0 amide bonds. The van der Waals surface area contributed by atoms with Crippen LogP contribution >= 0.6 is 0 Å². The minimum Gasteiger partial charge on any atom is -0.392 e. The second kappa shape index (κ2) is 5.58. The van der Waals surface area contributed by atoms with E-state index in [0.717, 1.165) is 26.2 Å². The number of aliphatic hydroxyl groups excluding tert-OH is 1. The standard InChI is InChI=1S/C10H22N2O/c1-3-12(8-9(2)13)10-4-6-11-7-5-10/h9-11,13H,3-8H2,1-2H3/t9-/m1/s1. The third-order valence-electron chi connectivity index (χ3n) is 2.73. The van der Waals surface area contributed by atoms with E-state index in [9.17, 15) is 5.11 Å². The van der Waals surface area contributed by atoms with Gasteiger partial charge in [0, 0.05) is 12.6 Å². The van der Waals surface area contributed by atoms with Gasteiger partial charge in [-0.25, -0.2) is 0 Å². The summed E-state index contributed by atoms with van der Waals surface area (Å²) in [6, 6.07) is 0.681. The van der Waals surface area contributed by atoms with Gasteiger partial charge in [-0.2, -0.15) is 0 Å². The van der Waals surface area contributed by atoms with Gasteiger partial charge in [0.1, 0.15) is 0 Å². The number of nitrogens with one attached hydrogen (secondary N) is 1. The van der Waals surface area contributed by atoms with Crippen molar-refractivity contribution in [2.24, 2.45) is 0 Å². The molecule has 1 aliphatic rings. The second-order valence-corrected chi connectivity index (χ2v) is 3.92. The van der Waals surface area contributed by atoms with Crippen molar-refractivity contribution in [3.63, 3.8) is 0 Å². The minimum absolute atomic E-state index is 0.199. The van der Waals surface area contributed by atoms with Gasteiger partial charge >= 0.3 is 0 Å². The van der Waals surface area contributed by atoms with E-state index in [-0.39, 0.29) is 6.10 Å². The van der Waals surface area contributed by atoms with Crippen molar-refractivity contribution < 1.29 is 5.11 Å². The van der Waals surface area contributed by atoms with Crippen LogP contribution in [0.4, 0.5) is 0 Å². The Balaban J connectivity index is 2.34. The molecule has 1 aliphatic heterocycles. The van der Waals surface area contributed by atoms with Crippen molar-refractivity contribution >= 4 is 0 Å². The summed E-state index contributed by atoms with van der Waals surface area (Å²) in [6.45, 7) is 8.16. The molecule has 1 atom stereocenters. The van der Waals surface area contributed by atoms with Crippen LogP contribution in [0.3, 0.4) is 0 Å². The lowest BCUT2D eigenvalue weighted by Gasteiger charge is -2.34. The van der Waals surface area contributed by atoms with Crippen LogP contribution in [0.2, 0.25) is 0 Å². The van der Waals surface area contributed by atoms with Crippen LogP contribution < -0.4 is 5.32 Å². The number of nitrogens with zero attached hydrogens (tertiary/aromatic N) is 1. The van der Waals surface area contributed by atoms with Crippen molar-refractivity contribution in [2.75, 3.05) is 26.2 Å². The van der Waals surface area contributed by atoms with E-state index in [4.69, 9.17) is 0 Å². The molecule has 1 rings (SSSR count). The minimum atomic E-state index is -0.199. The van der Waals surface area contributed by atoms with E-state index in [1.807, 2.05) is 6.92 Å². The number of hydrogen-bond acceptors (Lipinski definition) is 3. The van der Waals surface area contributed by atoms with Crippen LogP contribution in [0.15, 0.2) is 0 Å². The highest BCUT2D eigenvalue weighted by molar-refractivity contribution is 4.77. The second-order valence-electron chi connectivity index (χ2n) is 3.92. The third kappa shape index (κ3) is 3.63. The fourth-order valence-corrected chi connectivity index (χ4v) is 2.05. The molecule has 2 N–H and O–H groups in total. The maximum absolute atomic E-state index is 9.33. The summed E-state index contributed by atoms with van der Waals surface area (Å²) in [5.74, 6) is 0. The lowest BCUT2D eigenvalue weighted by molar-refractivity contribution is 0.0894. The summed E-state index contributed by atoms with van der Waals surface area (Å²) >= 11 is 0. The van der Waals surface area contributed by atoms with E-state index >= 15 is 0 Å². The normalized spacial score (nSPS) is 22.2. The predicted molar refractivity (Wildman–Crippen MR) is 54.8 cm³/mol. The summed E-state index contributed by atoms with van der Waals surface area (Å²) in [7, 11) is 0. The molecule has 0 aromatic heterocycles. The van der Waals surface area contributed by atoms with Crippen LogP contribution in [0, 0.1) is 0 Å². The molecule has 0 bridgehead atoms. The van der Waals surface area contributed by atoms with Gasteiger partial charge in [0.25, 0.3) is 0 Å². The number of rotatable bonds is 4. The maximum Gasteiger partial charge on any atom is 0.0639 e. The summed E-state index contributed by atoms with van der Waals surface area (Å²) in [6.07, 6.45) is 2.25.